The number of sulfonamides is 1. The molecule has 1 aromatic heterocycles. The van der Waals surface area contributed by atoms with Crippen LogP contribution >= 0.6 is 0 Å². The van der Waals surface area contributed by atoms with Gasteiger partial charge in [-0.1, -0.05) is 11.2 Å². The average molecular weight is 388 g/mol. The number of anilines is 1. The Kier molecular flexibility index (Phi) is 5.09. The summed E-state index contributed by atoms with van der Waals surface area (Å²) in [6.45, 7) is 3.66. The number of benzene rings is 2. The largest absolute Gasteiger partial charge is 0.495 e. The number of rotatable bonds is 6. The maximum absolute atomic E-state index is 13.1. The lowest BCUT2D eigenvalue weighted by Crippen LogP contribution is -2.15. The molecule has 2 aromatic carbocycles. The zero-order chi connectivity index (χ0) is 19.6. The lowest BCUT2D eigenvalue weighted by atomic mass is 10.1. The summed E-state index contributed by atoms with van der Waals surface area (Å²) >= 11 is 0. The zero-order valence-electron chi connectivity index (χ0n) is 15.4. The van der Waals surface area contributed by atoms with Crippen LogP contribution in [0, 0.1) is 13.8 Å². The van der Waals surface area contributed by atoms with Crippen LogP contribution in [-0.2, 0) is 10.0 Å². The number of aryl methyl sites for hydroxylation is 2. The van der Waals surface area contributed by atoms with Crippen LogP contribution < -0.4 is 14.2 Å². The van der Waals surface area contributed by atoms with Crippen molar-refractivity contribution in [2.75, 3.05) is 18.9 Å². The van der Waals surface area contributed by atoms with E-state index in [9.17, 15) is 8.42 Å². The van der Waals surface area contributed by atoms with E-state index < -0.39 is 10.0 Å². The average Bonchev–Trinajstić information content (AvgIpc) is 3.07. The molecule has 0 fully saturated rings. The highest BCUT2D eigenvalue weighted by Gasteiger charge is 2.23. The van der Waals surface area contributed by atoms with Gasteiger partial charge in [0.2, 0.25) is 0 Å². The van der Waals surface area contributed by atoms with Crippen LogP contribution in [0.4, 0.5) is 5.69 Å². The second-order valence-electron chi connectivity index (χ2n) is 6.01. The highest BCUT2D eigenvalue weighted by molar-refractivity contribution is 7.92. The van der Waals surface area contributed by atoms with Crippen LogP contribution in [0.15, 0.2) is 51.9 Å². The van der Waals surface area contributed by atoms with Crippen molar-refractivity contribution in [2.45, 2.75) is 18.7 Å². The molecule has 0 spiro atoms. The van der Waals surface area contributed by atoms with E-state index in [1.54, 1.807) is 37.3 Å². The topological polar surface area (TPSA) is 90.7 Å². The first-order chi connectivity index (χ1) is 12.8. The fraction of sp³-hybridized carbons (Fsp3) is 0.211. The number of nitrogens with zero attached hydrogens (tertiary/aromatic N) is 1. The van der Waals surface area contributed by atoms with Gasteiger partial charge >= 0.3 is 0 Å². The molecule has 0 bridgehead atoms. The van der Waals surface area contributed by atoms with Crippen molar-refractivity contribution >= 4 is 15.7 Å². The molecule has 0 radical (unpaired) electrons. The van der Waals surface area contributed by atoms with Crippen LogP contribution in [0.25, 0.3) is 11.3 Å². The number of nitrogens with one attached hydrogen (secondary N) is 1. The summed E-state index contributed by atoms with van der Waals surface area (Å²) in [6, 6.07) is 11.8. The van der Waals surface area contributed by atoms with Gasteiger partial charge in [-0.15, -0.1) is 0 Å². The smallest absolute Gasteiger partial charge is 0.265 e. The Morgan fingerprint density at radius 3 is 2.30 bits per heavy atom. The summed E-state index contributed by atoms with van der Waals surface area (Å²) < 4.78 is 44.4. The fourth-order valence-corrected chi connectivity index (χ4v) is 3.90. The van der Waals surface area contributed by atoms with Crippen molar-refractivity contribution in [3.8, 4) is 22.8 Å². The lowest BCUT2D eigenvalue weighted by Gasteiger charge is -2.15. The highest BCUT2D eigenvalue weighted by atomic mass is 32.2. The quantitative estimate of drug-likeness (QED) is 0.691. The second kappa shape index (κ2) is 7.32. The van der Waals surface area contributed by atoms with Crippen LogP contribution in [-0.4, -0.2) is 27.8 Å². The molecule has 3 rings (SSSR count). The highest BCUT2D eigenvalue weighted by Crippen LogP contribution is 2.33. The Morgan fingerprint density at radius 1 is 0.963 bits per heavy atom. The van der Waals surface area contributed by atoms with Gasteiger partial charge in [0.05, 0.1) is 25.6 Å². The summed E-state index contributed by atoms with van der Waals surface area (Å²) in [4.78, 5) is -0.0138. The number of hydrogen-bond donors (Lipinski definition) is 1. The van der Waals surface area contributed by atoms with E-state index in [0.717, 1.165) is 5.56 Å². The third-order valence-electron chi connectivity index (χ3n) is 3.96. The van der Waals surface area contributed by atoms with Crippen molar-refractivity contribution in [3.05, 3.63) is 53.7 Å². The summed E-state index contributed by atoms with van der Waals surface area (Å²) in [5.41, 5.74) is 2.52. The summed E-state index contributed by atoms with van der Waals surface area (Å²) in [6.07, 6.45) is 0. The Bertz CT molecular complexity index is 1070. The van der Waals surface area contributed by atoms with E-state index in [2.05, 4.69) is 9.88 Å². The number of ether oxygens (including phenoxy) is 2. The van der Waals surface area contributed by atoms with Gasteiger partial charge in [0.15, 0.2) is 5.76 Å². The molecule has 7 nitrogen and oxygen atoms in total. The van der Waals surface area contributed by atoms with E-state index in [0.29, 0.717) is 28.5 Å². The summed E-state index contributed by atoms with van der Waals surface area (Å²) in [5, 5.41) is 3.84. The molecular formula is C19H20N2O5S. The maximum Gasteiger partial charge on any atom is 0.265 e. The Balaban J connectivity index is 2.07. The Labute approximate surface area is 158 Å². The normalized spacial score (nSPS) is 11.3. The molecule has 1 N–H and O–H groups in total. The zero-order valence-corrected chi connectivity index (χ0v) is 16.3. The Hall–Kier alpha value is -3.00. The monoisotopic (exact) mass is 388 g/mol. The molecule has 0 atom stereocenters. The summed E-state index contributed by atoms with van der Waals surface area (Å²) in [7, 11) is -1.05. The molecule has 0 aliphatic rings. The molecule has 3 aromatic rings. The third-order valence-corrected chi connectivity index (χ3v) is 5.35. The predicted octanol–water partition coefficient (Wildman–Crippen LogP) is 3.78. The van der Waals surface area contributed by atoms with E-state index in [1.165, 1.54) is 20.3 Å². The van der Waals surface area contributed by atoms with E-state index in [4.69, 9.17) is 14.0 Å². The molecule has 8 heteroatoms. The van der Waals surface area contributed by atoms with Gasteiger partial charge in [-0.3, -0.25) is 4.72 Å². The minimum absolute atomic E-state index is 0.0138. The van der Waals surface area contributed by atoms with Crippen molar-refractivity contribution in [2.24, 2.45) is 0 Å². The van der Waals surface area contributed by atoms with Crippen molar-refractivity contribution in [1.82, 2.24) is 5.16 Å². The van der Waals surface area contributed by atoms with Gasteiger partial charge in [-0.25, -0.2) is 8.42 Å². The SMILES string of the molecule is COc1ccc(C)cc1NS(=O)(=O)c1cc(-c2cc(C)no2)ccc1OC. The van der Waals surface area contributed by atoms with Gasteiger partial charge in [0.1, 0.15) is 16.4 Å². The number of hydrogen-bond acceptors (Lipinski definition) is 6. The van der Waals surface area contributed by atoms with Gasteiger partial charge in [-0.05, 0) is 49.7 Å². The van der Waals surface area contributed by atoms with Crippen molar-refractivity contribution in [3.63, 3.8) is 0 Å². The molecule has 0 unspecified atom stereocenters. The second-order valence-corrected chi connectivity index (χ2v) is 7.66. The van der Waals surface area contributed by atoms with Crippen LogP contribution in [0.1, 0.15) is 11.3 Å². The van der Waals surface area contributed by atoms with Gasteiger partial charge < -0.3 is 14.0 Å². The minimum atomic E-state index is -3.95. The minimum Gasteiger partial charge on any atom is -0.495 e. The molecular weight excluding hydrogens is 368 g/mol. The maximum atomic E-state index is 13.1. The standard InChI is InChI=1S/C19H20N2O5S/c1-12-5-7-16(24-3)15(9-12)21-27(22,23)19-11-14(6-8-17(19)25-4)18-10-13(2)20-26-18/h5-11,21H,1-4H3. The molecule has 0 aliphatic heterocycles. The summed E-state index contributed by atoms with van der Waals surface area (Å²) in [5.74, 6) is 1.11. The molecule has 0 saturated heterocycles. The van der Waals surface area contributed by atoms with Crippen molar-refractivity contribution < 1.29 is 22.4 Å². The molecule has 142 valence electrons. The first-order valence-electron chi connectivity index (χ1n) is 8.13. The molecule has 1 heterocycles. The molecule has 0 saturated carbocycles. The van der Waals surface area contributed by atoms with E-state index >= 15 is 0 Å². The first kappa shape index (κ1) is 18.8. The van der Waals surface area contributed by atoms with Crippen molar-refractivity contribution in [1.29, 1.82) is 0 Å². The Morgan fingerprint density at radius 2 is 1.67 bits per heavy atom. The van der Waals surface area contributed by atoms with Crippen LogP contribution in [0.3, 0.4) is 0 Å². The predicted molar refractivity (Wildman–Crippen MR) is 102 cm³/mol. The fourth-order valence-electron chi connectivity index (χ4n) is 2.64. The van der Waals surface area contributed by atoms with Gasteiger partial charge in [0, 0.05) is 11.6 Å². The third kappa shape index (κ3) is 3.90. The molecule has 0 aliphatic carbocycles. The van der Waals surface area contributed by atoms with E-state index in [1.807, 2.05) is 13.0 Å². The van der Waals surface area contributed by atoms with Crippen LogP contribution in [0.2, 0.25) is 0 Å². The van der Waals surface area contributed by atoms with Gasteiger partial charge in [-0.2, -0.15) is 0 Å². The molecule has 0 amide bonds. The van der Waals surface area contributed by atoms with Gasteiger partial charge in [0.25, 0.3) is 10.0 Å². The first-order valence-corrected chi connectivity index (χ1v) is 9.61. The lowest BCUT2D eigenvalue weighted by molar-refractivity contribution is 0.402. The number of methoxy groups -OCH3 is 2. The number of aromatic nitrogens is 1. The van der Waals surface area contributed by atoms with Crippen LogP contribution in [0.5, 0.6) is 11.5 Å². The molecule has 27 heavy (non-hydrogen) atoms. The van der Waals surface area contributed by atoms with E-state index in [-0.39, 0.29) is 10.6 Å².